The lowest BCUT2D eigenvalue weighted by Gasteiger charge is -2.31. The fraction of sp³-hybridized carbons (Fsp3) is 0.464. The number of carboxylic acids is 1. The molecule has 0 aliphatic heterocycles. The number of benzene rings is 2. The zero-order valence-corrected chi connectivity index (χ0v) is 19.8. The van der Waals surface area contributed by atoms with Gasteiger partial charge in [-0.25, -0.2) is 4.79 Å². The number of carboxylic acid groups (broad SMARTS) is 1. The summed E-state index contributed by atoms with van der Waals surface area (Å²) in [4.78, 5) is 37.3. The van der Waals surface area contributed by atoms with E-state index in [-0.39, 0.29) is 36.8 Å². The summed E-state index contributed by atoms with van der Waals surface area (Å²) in [5, 5.41) is 15.3. The number of carbonyl (C=O) groups excluding carboxylic acids is 2. The Morgan fingerprint density at radius 2 is 1.54 bits per heavy atom. The summed E-state index contributed by atoms with van der Waals surface area (Å²) in [5.41, 5.74) is 3.98. The van der Waals surface area contributed by atoms with E-state index in [1.807, 2.05) is 24.3 Å². The number of rotatable bonds is 7. The standard InChI is InChI=1S/C28H32N2O5/c31-25(32)16-28(14-5-6-15-28)30-26(33)22-12-7-13-24(22)29-27(34)35-17-23-20-10-3-1-8-18(20)19-9-2-4-11-21(19)23/h1-4,8-11,22-24H,5-7,12-17H2,(H,29,34)(H,30,33)(H,31,32). The number of hydrogen-bond acceptors (Lipinski definition) is 4. The maximum absolute atomic E-state index is 13.1. The molecule has 7 heteroatoms. The smallest absolute Gasteiger partial charge is 0.407 e. The fourth-order valence-corrected chi connectivity index (χ4v) is 6.28. The Bertz CT molecular complexity index is 1080. The van der Waals surface area contributed by atoms with Gasteiger partial charge in [0, 0.05) is 12.0 Å². The molecular weight excluding hydrogens is 444 g/mol. The summed E-state index contributed by atoms with van der Waals surface area (Å²) in [6.07, 6.45) is 4.83. The van der Waals surface area contributed by atoms with Crippen LogP contribution in [0.3, 0.4) is 0 Å². The molecule has 0 aromatic heterocycles. The molecule has 0 saturated heterocycles. The number of nitrogens with one attached hydrogen (secondary N) is 2. The topological polar surface area (TPSA) is 105 Å². The van der Waals surface area contributed by atoms with Gasteiger partial charge in [-0.3, -0.25) is 9.59 Å². The van der Waals surface area contributed by atoms with E-state index < -0.39 is 17.6 Å². The number of ether oxygens (including phenoxy) is 1. The van der Waals surface area contributed by atoms with Crippen LogP contribution in [-0.4, -0.2) is 41.3 Å². The van der Waals surface area contributed by atoms with Gasteiger partial charge in [0.1, 0.15) is 6.61 Å². The highest BCUT2D eigenvalue weighted by atomic mass is 16.5. The third-order valence-corrected chi connectivity index (χ3v) is 7.94. The molecule has 0 bridgehead atoms. The molecule has 0 spiro atoms. The third-order valence-electron chi connectivity index (χ3n) is 7.94. The predicted octanol–water partition coefficient (Wildman–Crippen LogP) is 4.60. The van der Waals surface area contributed by atoms with Crippen molar-refractivity contribution in [1.82, 2.24) is 10.6 Å². The first-order valence-electron chi connectivity index (χ1n) is 12.6. The van der Waals surface area contributed by atoms with Gasteiger partial charge in [0.05, 0.1) is 17.9 Å². The summed E-state index contributed by atoms with van der Waals surface area (Å²) in [6, 6.07) is 16.1. The van der Waals surface area contributed by atoms with Crippen LogP contribution in [0.1, 0.15) is 68.4 Å². The van der Waals surface area contributed by atoms with Crippen LogP contribution in [0.5, 0.6) is 0 Å². The van der Waals surface area contributed by atoms with Crippen molar-refractivity contribution in [3.8, 4) is 11.1 Å². The Morgan fingerprint density at radius 1 is 0.914 bits per heavy atom. The lowest BCUT2D eigenvalue weighted by molar-refractivity contribution is -0.139. The first kappa shape index (κ1) is 23.4. The molecule has 5 rings (SSSR count). The number of fused-ring (bicyclic) bond motifs is 3. The van der Waals surface area contributed by atoms with E-state index >= 15 is 0 Å². The summed E-state index contributed by atoms with van der Waals surface area (Å²) < 4.78 is 5.68. The van der Waals surface area contributed by atoms with E-state index in [1.165, 1.54) is 11.1 Å². The molecule has 2 saturated carbocycles. The van der Waals surface area contributed by atoms with Gasteiger partial charge in [-0.05, 0) is 47.9 Å². The second-order valence-corrected chi connectivity index (χ2v) is 10.2. The third kappa shape index (κ3) is 4.77. The molecule has 7 nitrogen and oxygen atoms in total. The molecule has 2 atom stereocenters. The van der Waals surface area contributed by atoms with Crippen molar-refractivity contribution >= 4 is 18.0 Å². The molecule has 0 heterocycles. The van der Waals surface area contributed by atoms with E-state index in [9.17, 15) is 19.5 Å². The van der Waals surface area contributed by atoms with Crippen LogP contribution < -0.4 is 10.6 Å². The number of aliphatic carboxylic acids is 1. The molecule has 3 aliphatic rings. The Hall–Kier alpha value is -3.35. The average molecular weight is 477 g/mol. The second-order valence-electron chi connectivity index (χ2n) is 10.2. The number of amides is 2. The van der Waals surface area contributed by atoms with Crippen molar-refractivity contribution in [2.75, 3.05) is 6.61 Å². The van der Waals surface area contributed by atoms with Gasteiger partial charge in [-0.15, -0.1) is 0 Å². The first-order valence-corrected chi connectivity index (χ1v) is 12.6. The molecule has 2 fully saturated rings. The molecule has 2 unspecified atom stereocenters. The summed E-state index contributed by atoms with van der Waals surface area (Å²) in [7, 11) is 0. The van der Waals surface area contributed by atoms with E-state index in [2.05, 4.69) is 34.9 Å². The van der Waals surface area contributed by atoms with Gasteiger partial charge >= 0.3 is 12.1 Å². The van der Waals surface area contributed by atoms with Gasteiger partial charge < -0.3 is 20.5 Å². The minimum atomic E-state index is -0.896. The number of alkyl carbamates (subject to hydrolysis) is 1. The maximum atomic E-state index is 13.1. The fourth-order valence-electron chi connectivity index (χ4n) is 6.28. The zero-order chi connectivity index (χ0) is 24.4. The van der Waals surface area contributed by atoms with Gasteiger partial charge in [0.25, 0.3) is 0 Å². The number of carbonyl (C=O) groups is 3. The Labute approximate surface area is 205 Å². The maximum Gasteiger partial charge on any atom is 0.407 e. The predicted molar refractivity (Wildman–Crippen MR) is 131 cm³/mol. The van der Waals surface area contributed by atoms with E-state index in [4.69, 9.17) is 4.74 Å². The quantitative estimate of drug-likeness (QED) is 0.542. The molecule has 184 valence electrons. The van der Waals surface area contributed by atoms with Gasteiger partial charge in [-0.1, -0.05) is 67.8 Å². The van der Waals surface area contributed by atoms with Crippen LogP contribution in [0.25, 0.3) is 11.1 Å². The van der Waals surface area contributed by atoms with Gasteiger partial charge in [0.2, 0.25) is 5.91 Å². The molecule has 0 radical (unpaired) electrons. The summed E-state index contributed by atoms with van der Waals surface area (Å²) in [6.45, 7) is 0.227. The van der Waals surface area contributed by atoms with E-state index in [1.54, 1.807) is 0 Å². The van der Waals surface area contributed by atoms with Crippen molar-refractivity contribution in [1.29, 1.82) is 0 Å². The van der Waals surface area contributed by atoms with Crippen molar-refractivity contribution in [3.63, 3.8) is 0 Å². The van der Waals surface area contributed by atoms with Crippen molar-refractivity contribution in [2.24, 2.45) is 5.92 Å². The summed E-state index contributed by atoms with van der Waals surface area (Å²) in [5.74, 6) is -1.45. The van der Waals surface area contributed by atoms with Crippen LogP contribution in [0, 0.1) is 5.92 Å². The average Bonchev–Trinajstić information content (AvgIpc) is 3.55. The van der Waals surface area contributed by atoms with E-state index in [0.717, 1.165) is 30.4 Å². The first-order chi connectivity index (χ1) is 17.0. The minimum Gasteiger partial charge on any atom is -0.481 e. The van der Waals surface area contributed by atoms with E-state index in [0.29, 0.717) is 25.7 Å². The highest BCUT2D eigenvalue weighted by Gasteiger charge is 2.42. The monoisotopic (exact) mass is 476 g/mol. The van der Waals surface area contributed by atoms with Crippen LogP contribution in [0.2, 0.25) is 0 Å². The number of hydrogen-bond donors (Lipinski definition) is 3. The zero-order valence-electron chi connectivity index (χ0n) is 19.8. The van der Waals surface area contributed by atoms with Gasteiger partial charge in [0.15, 0.2) is 0 Å². The minimum absolute atomic E-state index is 0.0194. The molecule has 3 N–H and O–H groups in total. The molecular formula is C28H32N2O5. The largest absolute Gasteiger partial charge is 0.481 e. The summed E-state index contributed by atoms with van der Waals surface area (Å²) >= 11 is 0. The highest BCUT2D eigenvalue weighted by molar-refractivity contribution is 5.83. The molecule has 2 aromatic rings. The lowest BCUT2D eigenvalue weighted by atomic mass is 9.91. The van der Waals surface area contributed by atoms with Crippen LogP contribution >= 0.6 is 0 Å². The van der Waals surface area contributed by atoms with Crippen molar-refractivity contribution < 1.29 is 24.2 Å². The lowest BCUT2D eigenvalue weighted by Crippen LogP contribution is -2.52. The second kappa shape index (κ2) is 9.72. The molecule has 35 heavy (non-hydrogen) atoms. The van der Waals surface area contributed by atoms with Crippen molar-refractivity contribution in [2.45, 2.75) is 68.9 Å². The molecule has 2 amide bonds. The highest BCUT2D eigenvalue weighted by Crippen LogP contribution is 2.44. The Balaban J connectivity index is 1.20. The van der Waals surface area contributed by atoms with Gasteiger partial charge in [-0.2, -0.15) is 0 Å². The van der Waals surface area contributed by atoms with Crippen LogP contribution in [0.4, 0.5) is 4.79 Å². The Kier molecular flexibility index (Phi) is 6.50. The van der Waals surface area contributed by atoms with Crippen LogP contribution in [-0.2, 0) is 14.3 Å². The molecule has 2 aromatic carbocycles. The molecule has 3 aliphatic carbocycles. The SMILES string of the molecule is O=C(O)CC1(NC(=O)C2CCCC2NC(=O)OCC2c3ccccc3-c3ccccc32)CCCC1. The van der Waals surface area contributed by atoms with Crippen molar-refractivity contribution in [3.05, 3.63) is 59.7 Å². The normalized spacial score (nSPS) is 22.3. The van der Waals surface area contributed by atoms with Crippen LogP contribution in [0.15, 0.2) is 48.5 Å². The Morgan fingerprint density at radius 3 is 2.17 bits per heavy atom.